The Kier molecular flexibility index (Phi) is 5.54. The highest BCUT2D eigenvalue weighted by atomic mass is 16.5. The monoisotopic (exact) mass is 413 g/mol. The van der Waals surface area contributed by atoms with Gasteiger partial charge in [0.05, 0.1) is 19.2 Å². The molecule has 0 unspecified atom stereocenters. The van der Waals surface area contributed by atoms with Gasteiger partial charge in [-0.15, -0.1) is 0 Å². The molecule has 0 fully saturated rings. The molecule has 4 aromatic rings. The first-order chi connectivity index (χ1) is 15.0. The van der Waals surface area contributed by atoms with Crippen molar-refractivity contribution in [3.05, 3.63) is 99.6 Å². The first-order valence-corrected chi connectivity index (χ1v) is 9.96. The van der Waals surface area contributed by atoms with Crippen molar-refractivity contribution in [2.45, 2.75) is 20.4 Å². The van der Waals surface area contributed by atoms with Crippen molar-refractivity contribution in [2.75, 3.05) is 12.0 Å². The van der Waals surface area contributed by atoms with Crippen LogP contribution in [0.1, 0.15) is 27.0 Å². The first kappa shape index (κ1) is 20.3. The van der Waals surface area contributed by atoms with Gasteiger partial charge < -0.3 is 14.6 Å². The Morgan fingerprint density at radius 1 is 1.06 bits per heavy atom. The normalized spacial score (nSPS) is 10.8. The highest BCUT2D eigenvalue weighted by molar-refractivity contribution is 6.06. The van der Waals surface area contributed by atoms with E-state index < -0.39 is 0 Å². The third-order valence-corrected chi connectivity index (χ3v) is 5.50. The highest BCUT2D eigenvalue weighted by Gasteiger charge is 2.21. The van der Waals surface area contributed by atoms with E-state index in [1.54, 1.807) is 42.6 Å². The molecule has 4 rings (SSSR count). The lowest BCUT2D eigenvalue weighted by Gasteiger charge is -2.25. The SMILES string of the molecule is COc1ccc2cc(CN(C(=O)c3ccncc3)c3cccc(C)c3C)c(=O)[nH]c2c1. The van der Waals surface area contributed by atoms with Gasteiger partial charge in [-0.2, -0.15) is 0 Å². The van der Waals surface area contributed by atoms with Gasteiger partial charge in [-0.05, 0) is 66.8 Å². The van der Waals surface area contributed by atoms with Gasteiger partial charge in [-0.25, -0.2) is 0 Å². The molecule has 0 aliphatic heterocycles. The maximum atomic E-state index is 13.4. The standard InChI is InChI=1S/C25H23N3O3/c1-16-5-4-6-23(17(16)2)28(25(30)18-9-11-26-12-10-18)15-20-13-19-7-8-21(31-3)14-22(19)27-24(20)29/h4-14H,15H2,1-3H3,(H,27,29). The Labute approximate surface area is 180 Å². The predicted octanol–water partition coefficient (Wildman–Crippen LogP) is 4.40. The van der Waals surface area contributed by atoms with Gasteiger partial charge in [0.15, 0.2) is 0 Å². The number of aromatic nitrogens is 2. The van der Waals surface area contributed by atoms with Crippen molar-refractivity contribution in [1.82, 2.24) is 9.97 Å². The zero-order valence-electron chi connectivity index (χ0n) is 17.7. The minimum atomic E-state index is -0.237. The van der Waals surface area contributed by atoms with Gasteiger partial charge >= 0.3 is 0 Å². The number of carbonyl (C=O) groups is 1. The Morgan fingerprint density at radius 2 is 1.84 bits per heavy atom. The van der Waals surface area contributed by atoms with E-state index in [4.69, 9.17) is 4.74 Å². The van der Waals surface area contributed by atoms with Crippen molar-refractivity contribution >= 4 is 22.5 Å². The quantitative estimate of drug-likeness (QED) is 0.526. The molecule has 6 nitrogen and oxygen atoms in total. The summed E-state index contributed by atoms with van der Waals surface area (Å²) >= 11 is 0. The fraction of sp³-hybridized carbons (Fsp3) is 0.160. The van der Waals surface area contributed by atoms with Crippen LogP contribution in [0.5, 0.6) is 5.75 Å². The number of H-pyrrole nitrogens is 1. The average Bonchev–Trinajstić information content (AvgIpc) is 2.79. The molecule has 0 aliphatic carbocycles. The summed E-state index contributed by atoms with van der Waals surface area (Å²) in [4.78, 5) is 34.9. The summed E-state index contributed by atoms with van der Waals surface area (Å²) in [5.74, 6) is 0.478. The number of hydrogen-bond acceptors (Lipinski definition) is 4. The number of nitrogens with zero attached hydrogens (tertiary/aromatic N) is 2. The van der Waals surface area contributed by atoms with Crippen LogP contribution in [0.2, 0.25) is 0 Å². The molecule has 0 radical (unpaired) electrons. The number of anilines is 1. The van der Waals surface area contributed by atoms with Crippen LogP contribution in [0.25, 0.3) is 10.9 Å². The van der Waals surface area contributed by atoms with E-state index in [0.717, 1.165) is 22.2 Å². The van der Waals surface area contributed by atoms with E-state index in [2.05, 4.69) is 9.97 Å². The van der Waals surface area contributed by atoms with Gasteiger partial charge in [-0.1, -0.05) is 12.1 Å². The molecule has 31 heavy (non-hydrogen) atoms. The van der Waals surface area contributed by atoms with Gasteiger partial charge in [0, 0.05) is 35.3 Å². The Hall–Kier alpha value is -3.93. The summed E-state index contributed by atoms with van der Waals surface area (Å²) in [6, 6.07) is 16.5. The van der Waals surface area contributed by atoms with Crippen molar-refractivity contribution in [2.24, 2.45) is 0 Å². The molecular weight excluding hydrogens is 390 g/mol. The lowest BCUT2D eigenvalue weighted by atomic mass is 10.1. The van der Waals surface area contributed by atoms with E-state index in [9.17, 15) is 9.59 Å². The summed E-state index contributed by atoms with van der Waals surface area (Å²) in [6.07, 6.45) is 3.18. The maximum absolute atomic E-state index is 13.4. The molecule has 2 aromatic heterocycles. The second-order valence-electron chi connectivity index (χ2n) is 7.42. The molecule has 2 aromatic carbocycles. The predicted molar refractivity (Wildman–Crippen MR) is 122 cm³/mol. The molecule has 0 saturated carbocycles. The fourth-order valence-electron chi connectivity index (χ4n) is 3.58. The van der Waals surface area contributed by atoms with Crippen molar-refractivity contribution in [1.29, 1.82) is 0 Å². The molecule has 156 valence electrons. The average molecular weight is 413 g/mol. The van der Waals surface area contributed by atoms with Gasteiger partial charge in [-0.3, -0.25) is 14.6 Å². The zero-order valence-corrected chi connectivity index (χ0v) is 17.7. The second-order valence-corrected chi connectivity index (χ2v) is 7.42. The number of methoxy groups -OCH3 is 1. The number of ether oxygens (including phenoxy) is 1. The third-order valence-electron chi connectivity index (χ3n) is 5.50. The molecule has 0 bridgehead atoms. The first-order valence-electron chi connectivity index (χ1n) is 9.96. The van der Waals surface area contributed by atoms with Crippen molar-refractivity contribution < 1.29 is 9.53 Å². The number of amides is 1. The lowest BCUT2D eigenvalue weighted by molar-refractivity contribution is 0.0985. The molecule has 0 spiro atoms. The van der Waals surface area contributed by atoms with E-state index in [-0.39, 0.29) is 18.0 Å². The Balaban J connectivity index is 1.81. The third kappa shape index (κ3) is 4.05. The largest absolute Gasteiger partial charge is 0.497 e. The second kappa shape index (κ2) is 8.44. The van der Waals surface area contributed by atoms with Crippen LogP contribution >= 0.6 is 0 Å². The van der Waals surface area contributed by atoms with Gasteiger partial charge in [0.25, 0.3) is 11.5 Å². The molecule has 1 N–H and O–H groups in total. The molecule has 2 heterocycles. The minimum Gasteiger partial charge on any atom is -0.497 e. The number of rotatable bonds is 5. The summed E-state index contributed by atoms with van der Waals surface area (Å²) in [5.41, 5.74) is 4.30. The zero-order chi connectivity index (χ0) is 22.0. The summed E-state index contributed by atoms with van der Waals surface area (Å²) in [6.45, 7) is 4.13. The number of aromatic amines is 1. The van der Waals surface area contributed by atoms with Crippen molar-refractivity contribution in [3.63, 3.8) is 0 Å². The minimum absolute atomic E-state index is 0.142. The lowest BCUT2D eigenvalue weighted by Crippen LogP contribution is -2.33. The number of aryl methyl sites for hydroxylation is 1. The number of nitrogens with one attached hydrogen (secondary N) is 1. The number of hydrogen-bond donors (Lipinski definition) is 1. The van der Waals surface area contributed by atoms with E-state index >= 15 is 0 Å². The Morgan fingerprint density at radius 3 is 2.58 bits per heavy atom. The van der Waals surface area contributed by atoms with Crippen molar-refractivity contribution in [3.8, 4) is 5.75 Å². The highest BCUT2D eigenvalue weighted by Crippen LogP contribution is 2.26. The Bertz CT molecular complexity index is 1310. The smallest absolute Gasteiger partial charge is 0.258 e. The molecule has 0 aliphatic rings. The number of carbonyl (C=O) groups excluding carboxylic acids is 1. The van der Waals surface area contributed by atoms with E-state index in [0.29, 0.717) is 22.4 Å². The topological polar surface area (TPSA) is 75.3 Å². The van der Waals surface area contributed by atoms with Gasteiger partial charge in [0.1, 0.15) is 5.75 Å². The summed E-state index contributed by atoms with van der Waals surface area (Å²) in [7, 11) is 1.58. The molecule has 0 saturated heterocycles. The van der Waals surface area contributed by atoms with Crippen LogP contribution in [-0.4, -0.2) is 23.0 Å². The van der Waals surface area contributed by atoms with E-state index in [1.165, 1.54) is 0 Å². The van der Waals surface area contributed by atoms with E-state index in [1.807, 2.05) is 50.2 Å². The number of fused-ring (bicyclic) bond motifs is 1. The van der Waals surface area contributed by atoms with Crippen LogP contribution in [0, 0.1) is 13.8 Å². The summed E-state index contributed by atoms with van der Waals surface area (Å²) in [5, 5.41) is 0.868. The molecule has 0 atom stereocenters. The molecule has 6 heteroatoms. The van der Waals surface area contributed by atoms with Crippen LogP contribution in [0.15, 0.2) is 71.8 Å². The number of pyridine rings is 2. The van der Waals surface area contributed by atoms with Crippen LogP contribution in [-0.2, 0) is 6.54 Å². The fourth-order valence-corrected chi connectivity index (χ4v) is 3.58. The van der Waals surface area contributed by atoms with Gasteiger partial charge in [0.2, 0.25) is 0 Å². The van der Waals surface area contributed by atoms with Crippen LogP contribution < -0.4 is 15.2 Å². The number of benzene rings is 2. The van der Waals surface area contributed by atoms with Crippen LogP contribution in [0.4, 0.5) is 5.69 Å². The maximum Gasteiger partial charge on any atom is 0.258 e. The summed E-state index contributed by atoms with van der Waals surface area (Å²) < 4.78 is 5.24. The van der Waals surface area contributed by atoms with Crippen LogP contribution in [0.3, 0.4) is 0 Å². The molecular formula is C25H23N3O3. The molecule has 1 amide bonds.